The minimum absolute atomic E-state index is 0.0840. The Balaban J connectivity index is 1.35. The molecule has 2 aromatic carbocycles. The smallest absolute Gasteiger partial charge is 0.343 e. The molecule has 7 nitrogen and oxygen atoms in total. The monoisotopic (exact) mass is 525 g/mol. The van der Waals surface area contributed by atoms with Gasteiger partial charge in [-0.15, -0.1) is 0 Å². The van der Waals surface area contributed by atoms with Gasteiger partial charge in [0.2, 0.25) is 0 Å². The average Bonchev–Trinajstić information content (AvgIpc) is 3.32. The van der Waals surface area contributed by atoms with E-state index in [1.165, 1.54) is 6.07 Å². The molecule has 198 valence electrons. The minimum Gasteiger partial charge on any atom is -0.458 e. The summed E-state index contributed by atoms with van der Waals surface area (Å²) in [5.74, 6) is -1.04. The van der Waals surface area contributed by atoms with Crippen LogP contribution >= 0.6 is 0 Å². The lowest BCUT2D eigenvalue weighted by atomic mass is 9.84. The zero-order valence-corrected chi connectivity index (χ0v) is 21.6. The van der Waals surface area contributed by atoms with Gasteiger partial charge in [-0.05, 0) is 48.4 Å². The molecule has 0 amide bonds. The highest BCUT2D eigenvalue weighted by Crippen LogP contribution is 2.43. The zero-order chi connectivity index (χ0) is 26.9. The second-order valence-electron chi connectivity index (χ2n) is 10.7. The zero-order valence-electron chi connectivity index (χ0n) is 21.6. The number of hydrogen-bond acceptors (Lipinski definition) is 6. The summed E-state index contributed by atoms with van der Waals surface area (Å²) in [5.41, 5.74) is 5.04. The first-order chi connectivity index (χ1) is 18.9. The van der Waals surface area contributed by atoms with Crippen LogP contribution in [0.3, 0.4) is 0 Å². The van der Waals surface area contributed by atoms with Gasteiger partial charge in [0.05, 0.1) is 29.0 Å². The maximum absolute atomic E-state index is 15.6. The van der Waals surface area contributed by atoms with Gasteiger partial charge in [-0.25, -0.2) is 14.2 Å². The number of carbonyl (C=O) groups is 1. The Labute approximate surface area is 224 Å². The molecule has 3 aliphatic rings. The third kappa shape index (κ3) is 3.51. The number of rotatable bonds is 5. The summed E-state index contributed by atoms with van der Waals surface area (Å²) < 4.78 is 22.4. The van der Waals surface area contributed by atoms with Crippen LogP contribution in [0.15, 0.2) is 47.3 Å². The molecule has 0 spiro atoms. The van der Waals surface area contributed by atoms with Crippen molar-refractivity contribution in [3.63, 3.8) is 0 Å². The van der Waals surface area contributed by atoms with Gasteiger partial charge in [0.15, 0.2) is 5.60 Å². The molecule has 0 radical (unpaired) electrons. The lowest BCUT2D eigenvalue weighted by Gasteiger charge is -2.31. The molecular weight excluding hydrogens is 497 g/mol. The Hall–Kier alpha value is -3.88. The van der Waals surface area contributed by atoms with Crippen LogP contribution in [-0.2, 0) is 54.2 Å². The fraction of sp³-hybridized carbons (Fsp3) is 0.323. The van der Waals surface area contributed by atoms with E-state index < -0.39 is 11.6 Å². The standard InChI is InChI=1S/C31H28FN3O4/c1-2-31(38)23-11-26-28-21(15-35(26)29(36)22(23)16-39-30(31)37)19-10-6-9-18-20(24(32)12-25(34-28)27(18)19)14-33-13-17-7-4-3-5-8-17/h3-5,7-8,11-12,33,38H,2,6,9-10,13-16H2,1H3/t31-/m0/s1. The Kier molecular flexibility index (Phi) is 5.47. The van der Waals surface area contributed by atoms with E-state index in [-0.39, 0.29) is 30.0 Å². The van der Waals surface area contributed by atoms with Crippen molar-refractivity contribution in [2.75, 3.05) is 0 Å². The average molecular weight is 526 g/mol. The first kappa shape index (κ1) is 24.2. The number of fused-ring (bicyclic) bond motifs is 5. The highest BCUT2D eigenvalue weighted by Gasteiger charge is 2.45. The summed E-state index contributed by atoms with van der Waals surface area (Å²) in [6, 6.07) is 13.3. The fourth-order valence-corrected chi connectivity index (χ4v) is 6.54. The molecule has 7 rings (SSSR count). The lowest BCUT2D eigenvalue weighted by Crippen LogP contribution is -2.44. The highest BCUT2D eigenvalue weighted by atomic mass is 19.1. The summed E-state index contributed by atoms with van der Waals surface area (Å²) in [6.45, 7) is 2.93. The van der Waals surface area contributed by atoms with E-state index >= 15 is 4.39 Å². The summed E-state index contributed by atoms with van der Waals surface area (Å²) in [6.07, 6.45) is 2.56. The van der Waals surface area contributed by atoms with Crippen LogP contribution in [0.5, 0.6) is 0 Å². The van der Waals surface area contributed by atoms with Gasteiger partial charge in [-0.3, -0.25) is 4.79 Å². The van der Waals surface area contributed by atoms with Crippen molar-refractivity contribution in [2.45, 2.75) is 64.4 Å². The second kappa shape index (κ2) is 8.83. The Morgan fingerprint density at radius 2 is 1.87 bits per heavy atom. The van der Waals surface area contributed by atoms with E-state index in [4.69, 9.17) is 9.72 Å². The first-order valence-corrected chi connectivity index (χ1v) is 13.5. The maximum atomic E-state index is 15.6. The van der Waals surface area contributed by atoms with Crippen molar-refractivity contribution < 1.29 is 19.0 Å². The number of carbonyl (C=O) groups excluding carboxylic acids is 1. The van der Waals surface area contributed by atoms with Crippen LogP contribution in [0.25, 0.3) is 22.3 Å². The van der Waals surface area contributed by atoms with E-state index in [1.54, 1.807) is 17.6 Å². The van der Waals surface area contributed by atoms with Crippen LogP contribution in [-0.4, -0.2) is 20.6 Å². The number of pyridine rings is 2. The third-order valence-corrected chi connectivity index (χ3v) is 8.59. The van der Waals surface area contributed by atoms with Gasteiger partial charge in [0.25, 0.3) is 5.56 Å². The van der Waals surface area contributed by atoms with E-state index in [0.717, 1.165) is 46.9 Å². The third-order valence-electron chi connectivity index (χ3n) is 8.59. The van der Waals surface area contributed by atoms with Gasteiger partial charge >= 0.3 is 5.97 Å². The maximum Gasteiger partial charge on any atom is 0.343 e. The lowest BCUT2D eigenvalue weighted by molar-refractivity contribution is -0.172. The molecule has 0 saturated carbocycles. The van der Waals surface area contributed by atoms with Crippen LogP contribution in [0.1, 0.15) is 58.7 Å². The number of aliphatic hydroxyl groups is 1. The van der Waals surface area contributed by atoms with Crippen molar-refractivity contribution in [1.29, 1.82) is 0 Å². The number of cyclic esters (lactones) is 1. The largest absolute Gasteiger partial charge is 0.458 e. The topological polar surface area (TPSA) is 93.5 Å². The molecule has 0 bridgehead atoms. The molecule has 39 heavy (non-hydrogen) atoms. The van der Waals surface area contributed by atoms with Crippen LogP contribution in [0.2, 0.25) is 0 Å². The predicted molar refractivity (Wildman–Crippen MR) is 143 cm³/mol. The molecule has 4 heterocycles. The number of ether oxygens (including phenoxy) is 1. The minimum atomic E-state index is -1.88. The predicted octanol–water partition coefficient (Wildman–Crippen LogP) is 4.00. The molecule has 2 aliphatic heterocycles. The van der Waals surface area contributed by atoms with E-state index in [9.17, 15) is 14.7 Å². The molecular formula is C31H28FN3O4. The van der Waals surface area contributed by atoms with Crippen molar-refractivity contribution in [2.24, 2.45) is 0 Å². The highest BCUT2D eigenvalue weighted by molar-refractivity contribution is 5.92. The number of esters is 1. The number of hydrogen-bond donors (Lipinski definition) is 2. The first-order valence-electron chi connectivity index (χ1n) is 13.5. The van der Waals surface area contributed by atoms with Crippen LogP contribution < -0.4 is 10.9 Å². The number of nitrogens with zero attached hydrogens (tertiary/aromatic N) is 2. The quantitative estimate of drug-likeness (QED) is 0.337. The Bertz CT molecular complexity index is 1750. The normalized spacial score (nSPS) is 19.0. The summed E-state index contributed by atoms with van der Waals surface area (Å²) in [7, 11) is 0. The van der Waals surface area contributed by atoms with Gasteiger partial charge in [0.1, 0.15) is 12.4 Å². The van der Waals surface area contributed by atoms with Crippen LogP contribution in [0, 0.1) is 5.82 Å². The van der Waals surface area contributed by atoms with Crippen molar-refractivity contribution >= 4 is 16.9 Å². The van der Waals surface area contributed by atoms with Gasteiger partial charge in [-0.1, -0.05) is 37.3 Å². The Morgan fingerprint density at radius 3 is 2.67 bits per heavy atom. The second-order valence-corrected chi connectivity index (χ2v) is 10.7. The molecule has 2 N–H and O–H groups in total. The molecule has 1 aliphatic carbocycles. The van der Waals surface area contributed by atoms with Crippen LogP contribution in [0.4, 0.5) is 4.39 Å². The van der Waals surface area contributed by atoms with Gasteiger partial charge in [0, 0.05) is 41.2 Å². The molecule has 2 aromatic heterocycles. The summed E-state index contributed by atoms with van der Waals surface area (Å²) >= 11 is 0. The van der Waals surface area contributed by atoms with Gasteiger partial charge in [-0.2, -0.15) is 0 Å². The van der Waals surface area contributed by atoms with E-state index in [2.05, 4.69) is 5.32 Å². The number of nitrogens with one attached hydrogen (secondary N) is 1. The van der Waals surface area contributed by atoms with Gasteiger partial charge < -0.3 is 19.7 Å². The van der Waals surface area contributed by atoms with E-state index in [1.807, 2.05) is 30.3 Å². The fourth-order valence-electron chi connectivity index (χ4n) is 6.54. The molecule has 8 heteroatoms. The summed E-state index contributed by atoms with van der Waals surface area (Å²) in [4.78, 5) is 30.9. The molecule has 0 fully saturated rings. The Morgan fingerprint density at radius 1 is 1.08 bits per heavy atom. The van der Waals surface area contributed by atoms with Crippen molar-refractivity contribution in [3.8, 4) is 11.4 Å². The number of benzene rings is 2. The van der Waals surface area contributed by atoms with Crippen molar-refractivity contribution in [3.05, 3.63) is 97.6 Å². The molecule has 0 unspecified atom stereocenters. The summed E-state index contributed by atoms with van der Waals surface area (Å²) in [5, 5.41) is 15.5. The number of aryl methyl sites for hydroxylation is 2. The SMILES string of the molecule is CC[C@@]1(O)C(=O)OCc2c1cc1n(c2=O)Cc2c-1nc1cc(F)c(CNCc3ccccc3)c3c1c2CCC3. The van der Waals surface area contributed by atoms with Crippen molar-refractivity contribution in [1.82, 2.24) is 14.9 Å². The number of aromatic nitrogens is 2. The molecule has 4 aromatic rings. The molecule has 1 atom stereocenters. The number of halogens is 1. The molecule has 0 saturated heterocycles. The van der Waals surface area contributed by atoms with E-state index in [0.29, 0.717) is 47.7 Å².